The predicted octanol–water partition coefficient (Wildman–Crippen LogP) is 5.30. The van der Waals surface area contributed by atoms with Crippen LogP contribution in [0.1, 0.15) is 23.0 Å². The fraction of sp³-hybridized carbons (Fsp3) is 0.0909. The van der Waals surface area contributed by atoms with Crippen molar-refractivity contribution in [1.29, 1.82) is 0 Å². The lowest BCUT2D eigenvalue weighted by atomic mass is 10.2. The second kappa shape index (κ2) is 9.43. The molecule has 3 heterocycles. The number of carbonyl (C=O) groups is 1. The third-order valence-corrected chi connectivity index (χ3v) is 5.35. The first-order valence-electron chi connectivity index (χ1n) is 9.75. The van der Waals surface area contributed by atoms with Crippen LogP contribution in [0.25, 0.3) is 5.82 Å². The number of ether oxygens (including phenoxy) is 1. The van der Waals surface area contributed by atoms with Gasteiger partial charge in [-0.2, -0.15) is 5.10 Å². The minimum Gasteiger partial charge on any atom is -0.453 e. The number of pyridine rings is 2. The van der Waals surface area contributed by atoms with Crippen LogP contribution in [0, 0.1) is 5.82 Å². The molecule has 0 saturated carbocycles. The van der Waals surface area contributed by atoms with Gasteiger partial charge in [0, 0.05) is 30.2 Å². The molecule has 11 heteroatoms. The predicted molar refractivity (Wildman–Crippen MR) is 124 cm³/mol. The Kier molecular flexibility index (Phi) is 6.43. The lowest BCUT2D eigenvalue weighted by Gasteiger charge is -2.11. The van der Waals surface area contributed by atoms with Crippen molar-refractivity contribution in [3.8, 4) is 17.3 Å². The highest BCUT2D eigenvalue weighted by Gasteiger charge is 2.20. The molecule has 0 spiro atoms. The number of carbonyl (C=O) groups excluding carboxylic acids is 1. The van der Waals surface area contributed by atoms with Gasteiger partial charge in [-0.3, -0.25) is 4.79 Å². The van der Waals surface area contributed by atoms with E-state index in [1.807, 2.05) is 6.92 Å². The van der Waals surface area contributed by atoms with E-state index in [0.29, 0.717) is 28.5 Å². The number of amides is 1. The summed E-state index contributed by atoms with van der Waals surface area (Å²) in [5.74, 6) is -0.606. The Morgan fingerprint density at radius 1 is 1.18 bits per heavy atom. The lowest BCUT2D eigenvalue weighted by Crippen LogP contribution is -2.15. The Morgan fingerprint density at radius 2 is 2.00 bits per heavy atom. The van der Waals surface area contributed by atoms with Crippen LogP contribution in [0.5, 0.6) is 11.5 Å². The minimum absolute atomic E-state index is 0.0673. The maximum Gasteiger partial charge on any atom is 0.259 e. The molecule has 8 nitrogen and oxygen atoms in total. The van der Waals surface area contributed by atoms with Crippen LogP contribution in [0.2, 0.25) is 10.0 Å². The number of nitrogens with zero attached hydrogens (tertiary/aromatic N) is 4. The van der Waals surface area contributed by atoms with E-state index in [2.05, 4.69) is 20.4 Å². The van der Waals surface area contributed by atoms with Crippen molar-refractivity contribution in [2.75, 3.05) is 11.1 Å². The molecule has 1 amide bonds. The Balaban J connectivity index is 1.55. The fourth-order valence-electron chi connectivity index (χ4n) is 3.12. The molecule has 33 heavy (non-hydrogen) atoms. The van der Waals surface area contributed by atoms with Crippen LogP contribution in [0.15, 0.2) is 55.0 Å². The van der Waals surface area contributed by atoms with Crippen molar-refractivity contribution >= 4 is 40.6 Å². The van der Waals surface area contributed by atoms with E-state index >= 15 is 0 Å². The molecule has 0 aliphatic heterocycles. The second-order valence-corrected chi connectivity index (χ2v) is 7.57. The molecule has 0 atom stereocenters. The van der Waals surface area contributed by atoms with Crippen molar-refractivity contribution in [3.05, 3.63) is 82.1 Å². The van der Waals surface area contributed by atoms with E-state index in [4.69, 9.17) is 33.7 Å². The largest absolute Gasteiger partial charge is 0.453 e. The zero-order valence-corrected chi connectivity index (χ0v) is 18.7. The molecule has 1 aromatic carbocycles. The molecule has 4 rings (SSSR count). The van der Waals surface area contributed by atoms with Crippen LogP contribution in [0.3, 0.4) is 0 Å². The summed E-state index contributed by atoms with van der Waals surface area (Å²) in [5, 5.41) is 7.40. The van der Waals surface area contributed by atoms with Crippen molar-refractivity contribution in [1.82, 2.24) is 19.7 Å². The highest BCUT2D eigenvalue weighted by Crippen LogP contribution is 2.34. The summed E-state index contributed by atoms with van der Waals surface area (Å²) < 4.78 is 21.6. The van der Waals surface area contributed by atoms with Crippen LogP contribution in [-0.4, -0.2) is 25.7 Å². The molecule has 168 valence electrons. The quantitative estimate of drug-likeness (QED) is 0.382. The van der Waals surface area contributed by atoms with Gasteiger partial charge in [-0.25, -0.2) is 19.0 Å². The van der Waals surface area contributed by atoms with Gasteiger partial charge < -0.3 is 15.8 Å². The summed E-state index contributed by atoms with van der Waals surface area (Å²) in [6.07, 6.45) is 4.89. The topological polar surface area (TPSA) is 108 Å². The van der Waals surface area contributed by atoms with E-state index in [0.717, 1.165) is 6.07 Å². The molecule has 0 fully saturated rings. The number of rotatable bonds is 6. The third kappa shape index (κ3) is 4.59. The molecule has 0 unspecified atom stereocenters. The molecule has 0 aliphatic rings. The normalized spacial score (nSPS) is 10.8. The number of nitrogens with two attached hydrogens (primary N) is 1. The number of nitrogen functional groups attached to an aromatic ring is 1. The highest BCUT2D eigenvalue weighted by atomic mass is 35.5. The smallest absolute Gasteiger partial charge is 0.259 e. The SMILES string of the molecule is CCc1c(C(=O)Nc2ccc(Oc3ccnc(N)c3Cl)c(F)c2)cnn1-c1ncccc1Cl. The Hall–Kier alpha value is -3.69. The number of hydrogen-bond donors (Lipinski definition) is 2. The lowest BCUT2D eigenvalue weighted by molar-refractivity contribution is 0.102. The van der Waals surface area contributed by atoms with Gasteiger partial charge in [-0.1, -0.05) is 30.1 Å². The number of nitrogens with one attached hydrogen (secondary N) is 1. The number of halogens is 3. The van der Waals surface area contributed by atoms with Gasteiger partial charge in [-0.05, 0) is 30.7 Å². The Labute approximate surface area is 198 Å². The second-order valence-electron chi connectivity index (χ2n) is 6.79. The molecular weight excluding hydrogens is 470 g/mol. The number of hydrogen-bond acceptors (Lipinski definition) is 6. The molecule has 4 aromatic rings. The molecule has 0 radical (unpaired) electrons. The average molecular weight is 487 g/mol. The van der Waals surface area contributed by atoms with Gasteiger partial charge in [-0.15, -0.1) is 0 Å². The standard InChI is InChI=1S/C22H17Cl2FN6O2/c1-2-16-13(11-29-31(16)21-14(23)4-3-8-28-21)22(32)30-12-5-6-17(15(25)10-12)33-18-7-9-27-20(26)19(18)24/h3-11H,2H2,1H3,(H2,26,27)(H,30,32). The zero-order valence-electron chi connectivity index (χ0n) is 17.2. The molecule has 3 aromatic heterocycles. The highest BCUT2D eigenvalue weighted by molar-refractivity contribution is 6.34. The number of aromatic nitrogens is 4. The average Bonchev–Trinajstić information content (AvgIpc) is 3.23. The summed E-state index contributed by atoms with van der Waals surface area (Å²) in [5.41, 5.74) is 6.80. The first kappa shape index (κ1) is 22.5. The van der Waals surface area contributed by atoms with E-state index in [9.17, 15) is 9.18 Å². The van der Waals surface area contributed by atoms with Gasteiger partial charge in [0.1, 0.15) is 10.8 Å². The zero-order chi connectivity index (χ0) is 23.5. The molecule has 0 saturated heterocycles. The Bertz CT molecular complexity index is 1340. The summed E-state index contributed by atoms with van der Waals surface area (Å²) in [6, 6.07) is 8.86. The van der Waals surface area contributed by atoms with Crippen molar-refractivity contribution < 1.29 is 13.9 Å². The van der Waals surface area contributed by atoms with Crippen molar-refractivity contribution in [3.63, 3.8) is 0 Å². The van der Waals surface area contributed by atoms with Crippen molar-refractivity contribution in [2.24, 2.45) is 0 Å². The van der Waals surface area contributed by atoms with E-state index in [1.54, 1.807) is 18.3 Å². The monoisotopic (exact) mass is 486 g/mol. The first-order valence-corrected chi connectivity index (χ1v) is 10.5. The molecule has 0 bridgehead atoms. The van der Waals surface area contributed by atoms with E-state index in [1.165, 1.54) is 35.3 Å². The van der Waals surface area contributed by atoms with Crippen LogP contribution < -0.4 is 15.8 Å². The maximum atomic E-state index is 14.6. The van der Waals surface area contributed by atoms with Gasteiger partial charge in [0.25, 0.3) is 5.91 Å². The van der Waals surface area contributed by atoms with Gasteiger partial charge in [0.05, 0.1) is 22.5 Å². The van der Waals surface area contributed by atoms with Gasteiger partial charge in [0.2, 0.25) is 0 Å². The van der Waals surface area contributed by atoms with Gasteiger partial charge >= 0.3 is 0 Å². The van der Waals surface area contributed by atoms with E-state index in [-0.39, 0.29) is 28.0 Å². The van der Waals surface area contributed by atoms with Crippen molar-refractivity contribution in [2.45, 2.75) is 13.3 Å². The molecule has 0 aliphatic carbocycles. The van der Waals surface area contributed by atoms with Crippen LogP contribution in [0.4, 0.5) is 15.9 Å². The fourth-order valence-corrected chi connectivity index (χ4v) is 3.47. The minimum atomic E-state index is -0.703. The van der Waals surface area contributed by atoms with Gasteiger partial charge in [0.15, 0.2) is 23.1 Å². The van der Waals surface area contributed by atoms with Crippen LogP contribution in [-0.2, 0) is 6.42 Å². The number of benzene rings is 1. The summed E-state index contributed by atoms with van der Waals surface area (Å²) in [6.45, 7) is 1.88. The summed E-state index contributed by atoms with van der Waals surface area (Å²) >= 11 is 12.3. The third-order valence-electron chi connectivity index (χ3n) is 4.68. The maximum absolute atomic E-state index is 14.6. The first-order chi connectivity index (χ1) is 15.9. The van der Waals surface area contributed by atoms with Crippen LogP contribution >= 0.6 is 23.2 Å². The Morgan fingerprint density at radius 3 is 2.73 bits per heavy atom. The summed E-state index contributed by atoms with van der Waals surface area (Å²) in [7, 11) is 0. The molecule has 3 N–H and O–H groups in total. The number of anilines is 2. The molecular formula is C22H17Cl2FN6O2. The summed E-state index contributed by atoms with van der Waals surface area (Å²) in [4.78, 5) is 20.9. The van der Waals surface area contributed by atoms with E-state index < -0.39 is 11.7 Å².